The zero-order chi connectivity index (χ0) is 21.4. The number of carbonyl (C=O) groups is 1. The Morgan fingerprint density at radius 2 is 1.86 bits per heavy atom. The van der Waals surface area contributed by atoms with Crippen LogP contribution < -0.4 is 4.31 Å². The average molecular weight is 438 g/mol. The van der Waals surface area contributed by atoms with E-state index in [9.17, 15) is 13.2 Å². The highest BCUT2D eigenvalue weighted by molar-refractivity contribution is 7.92. The molecular formula is C21H24ClNO5S. The molecule has 2 aromatic carbocycles. The van der Waals surface area contributed by atoms with Gasteiger partial charge >= 0.3 is 5.97 Å². The maximum atomic E-state index is 13.2. The molecule has 0 bridgehead atoms. The predicted molar refractivity (Wildman–Crippen MR) is 114 cm³/mol. The summed E-state index contributed by atoms with van der Waals surface area (Å²) < 4.78 is 38.0. The molecule has 2 aromatic rings. The number of esters is 1. The van der Waals surface area contributed by atoms with Crippen LogP contribution >= 0.6 is 11.6 Å². The first kappa shape index (κ1) is 22.9. The Labute approximate surface area is 176 Å². The second-order valence-corrected chi connectivity index (χ2v) is 8.68. The maximum Gasteiger partial charge on any atom is 0.338 e. The molecule has 0 saturated heterocycles. The fourth-order valence-corrected chi connectivity index (χ4v) is 4.09. The number of halogens is 1. The van der Waals surface area contributed by atoms with Gasteiger partial charge in [0.1, 0.15) is 6.61 Å². The normalized spacial score (nSPS) is 11.3. The van der Waals surface area contributed by atoms with Crippen LogP contribution in [0.15, 0.2) is 66.1 Å². The van der Waals surface area contributed by atoms with Gasteiger partial charge in [-0.25, -0.2) is 13.2 Å². The van der Waals surface area contributed by atoms with Gasteiger partial charge in [0.05, 0.1) is 35.4 Å². The Kier molecular flexibility index (Phi) is 8.25. The topological polar surface area (TPSA) is 72.9 Å². The van der Waals surface area contributed by atoms with Gasteiger partial charge in [-0.05, 0) is 56.3 Å². The highest BCUT2D eigenvalue weighted by atomic mass is 35.5. The molecule has 0 aliphatic heterocycles. The van der Waals surface area contributed by atoms with Crippen molar-refractivity contribution < 1.29 is 22.7 Å². The van der Waals surface area contributed by atoms with Crippen LogP contribution in [0.2, 0.25) is 5.02 Å². The van der Waals surface area contributed by atoms with Gasteiger partial charge < -0.3 is 9.47 Å². The molecule has 0 N–H and O–H groups in total. The first-order chi connectivity index (χ1) is 13.8. The summed E-state index contributed by atoms with van der Waals surface area (Å²) in [6.07, 6.45) is 1.52. The van der Waals surface area contributed by atoms with Crippen LogP contribution in [0.1, 0.15) is 24.2 Å². The third kappa shape index (κ3) is 6.32. The number of benzene rings is 2. The number of hydrogen-bond donors (Lipinski definition) is 0. The van der Waals surface area contributed by atoms with Gasteiger partial charge in [-0.3, -0.25) is 4.31 Å². The van der Waals surface area contributed by atoms with Gasteiger partial charge in [0.2, 0.25) is 0 Å². The molecule has 0 atom stereocenters. The van der Waals surface area contributed by atoms with Crippen LogP contribution in [0, 0.1) is 0 Å². The molecule has 2 rings (SSSR count). The van der Waals surface area contributed by atoms with Crippen molar-refractivity contribution in [2.45, 2.75) is 24.8 Å². The van der Waals surface area contributed by atoms with Gasteiger partial charge in [0, 0.05) is 5.02 Å². The largest absolute Gasteiger partial charge is 0.460 e. The summed E-state index contributed by atoms with van der Waals surface area (Å²) in [5.41, 5.74) is 0.582. The lowest BCUT2D eigenvalue weighted by Crippen LogP contribution is -2.31. The van der Waals surface area contributed by atoms with Crippen molar-refractivity contribution in [3.63, 3.8) is 0 Å². The molecule has 0 fully saturated rings. The molecule has 0 amide bonds. The number of sulfonamides is 1. The molecule has 8 heteroatoms. The third-order valence-corrected chi connectivity index (χ3v) is 5.88. The first-order valence-electron chi connectivity index (χ1n) is 9.03. The van der Waals surface area contributed by atoms with Gasteiger partial charge in [0.15, 0.2) is 0 Å². The van der Waals surface area contributed by atoms with E-state index in [0.29, 0.717) is 10.7 Å². The molecule has 0 unspecified atom stereocenters. The summed E-state index contributed by atoms with van der Waals surface area (Å²) in [6, 6.07) is 12.2. The quantitative estimate of drug-likeness (QED) is 0.314. The van der Waals surface area contributed by atoms with E-state index >= 15 is 0 Å². The number of ether oxygens (including phenoxy) is 2. The van der Waals surface area contributed by atoms with E-state index in [1.807, 2.05) is 13.8 Å². The molecule has 0 aromatic heterocycles. The lowest BCUT2D eigenvalue weighted by Gasteiger charge is -2.23. The Balaban J connectivity index is 2.24. The molecule has 0 aliphatic rings. The highest BCUT2D eigenvalue weighted by Crippen LogP contribution is 2.25. The van der Waals surface area contributed by atoms with Gasteiger partial charge in [-0.2, -0.15) is 0 Å². The highest BCUT2D eigenvalue weighted by Gasteiger charge is 2.25. The SMILES string of the molecule is C=CCN(c1ccc(Cl)cc1)S(=O)(=O)c1cccc(C(=O)OCCOC(C)C)c1. The van der Waals surface area contributed by atoms with Gasteiger partial charge in [0.25, 0.3) is 10.0 Å². The Morgan fingerprint density at radius 1 is 1.17 bits per heavy atom. The predicted octanol–water partition coefficient (Wildman–Crippen LogP) is 4.30. The number of hydrogen-bond acceptors (Lipinski definition) is 5. The van der Waals surface area contributed by atoms with E-state index < -0.39 is 16.0 Å². The second-order valence-electron chi connectivity index (χ2n) is 6.38. The van der Waals surface area contributed by atoms with Crippen molar-refractivity contribution in [2.75, 3.05) is 24.1 Å². The van der Waals surface area contributed by atoms with E-state index in [1.165, 1.54) is 34.6 Å². The van der Waals surface area contributed by atoms with E-state index in [4.69, 9.17) is 21.1 Å². The van der Waals surface area contributed by atoms with Crippen LogP contribution in [0.3, 0.4) is 0 Å². The van der Waals surface area contributed by atoms with Crippen molar-refractivity contribution in [3.8, 4) is 0 Å². The zero-order valence-corrected chi connectivity index (χ0v) is 17.9. The number of anilines is 1. The lowest BCUT2D eigenvalue weighted by atomic mass is 10.2. The fourth-order valence-electron chi connectivity index (χ4n) is 2.48. The molecule has 0 spiro atoms. The minimum atomic E-state index is -3.94. The Morgan fingerprint density at radius 3 is 2.48 bits per heavy atom. The monoisotopic (exact) mass is 437 g/mol. The molecule has 156 valence electrons. The fraction of sp³-hybridized carbons (Fsp3) is 0.286. The lowest BCUT2D eigenvalue weighted by molar-refractivity contribution is 0.0177. The Hall–Kier alpha value is -2.35. The van der Waals surface area contributed by atoms with Crippen LogP contribution in [0.4, 0.5) is 5.69 Å². The van der Waals surface area contributed by atoms with Gasteiger partial charge in [-0.15, -0.1) is 6.58 Å². The van der Waals surface area contributed by atoms with Crippen molar-refractivity contribution >= 4 is 33.3 Å². The number of carbonyl (C=O) groups excluding carboxylic acids is 1. The van der Waals surface area contributed by atoms with Crippen LogP contribution in [0.5, 0.6) is 0 Å². The summed E-state index contributed by atoms with van der Waals surface area (Å²) in [4.78, 5) is 12.2. The van der Waals surface area contributed by atoms with E-state index in [1.54, 1.807) is 24.3 Å². The number of rotatable bonds is 10. The molecular weight excluding hydrogens is 414 g/mol. The summed E-state index contributed by atoms with van der Waals surface area (Å²) >= 11 is 5.90. The van der Waals surface area contributed by atoms with E-state index in [-0.39, 0.29) is 36.3 Å². The molecule has 0 radical (unpaired) electrons. The number of nitrogens with zero attached hydrogens (tertiary/aromatic N) is 1. The van der Waals surface area contributed by atoms with E-state index in [2.05, 4.69) is 6.58 Å². The molecule has 29 heavy (non-hydrogen) atoms. The second kappa shape index (κ2) is 10.4. The van der Waals surface area contributed by atoms with Gasteiger partial charge in [-0.1, -0.05) is 23.7 Å². The van der Waals surface area contributed by atoms with Crippen molar-refractivity contribution in [1.82, 2.24) is 0 Å². The molecule has 0 heterocycles. The summed E-state index contributed by atoms with van der Waals surface area (Å²) in [5, 5.41) is 0.496. The average Bonchev–Trinajstić information content (AvgIpc) is 2.70. The summed E-state index contributed by atoms with van der Waals surface area (Å²) in [6.45, 7) is 7.81. The maximum absolute atomic E-state index is 13.2. The molecule has 6 nitrogen and oxygen atoms in total. The molecule has 0 aliphatic carbocycles. The minimum Gasteiger partial charge on any atom is -0.460 e. The first-order valence-corrected chi connectivity index (χ1v) is 10.9. The van der Waals surface area contributed by atoms with Crippen LogP contribution in [-0.4, -0.2) is 40.2 Å². The minimum absolute atomic E-state index is 0.0258. The van der Waals surface area contributed by atoms with Crippen molar-refractivity contribution in [2.24, 2.45) is 0 Å². The van der Waals surface area contributed by atoms with Crippen LogP contribution in [-0.2, 0) is 19.5 Å². The molecule has 0 saturated carbocycles. The summed E-state index contributed by atoms with van der Waals surface area (Å²) in [7, 11) is -3.94. The Bertz CT molecular complexity index is 942. The van der Waals surface area contributed by atoms with E-state index in [0.717, 1.165) is 0 Å². The van der Waals surface area contributed by atoms with Crippen molar-refractivity contribution in [3.05, 3.63) is 71.8 Å². The smallest absolute Gasteiger partial charge is 0.338 e. The zero-order valence-electron chi connectivity index (χ0n) is 16.4. The third-order valence-electron chi connectivity index (χ3n) is 3.83. The van der Waals surface area contributed by atoms with Crippen LogP contribution in [0.25, 0.3) is 0 Å². The standard InChI is InChI=1S/C21H24ClNO5S/c1-4-12-23(19-10-8-18(22)9-11-19)29(25,26)20-7-5-6-17(15-20)21(24)28-14-13-27-16(2)3/h4-11,15-16H,1,12-14H2,2-3H3. The van der Waals surface area contributed by atoms with Crippen molar-refractivity contribution in [1.29, 1.82) is 0 Å². The summed E-state index contributed by atoms with van der Waals surface area (Å²) in [5.74, 6) is -0.615.